The summed E-state index contributed by atoms with van der Waals surface area (Å²) in [6.45, 7) is 3.97. The molecule has 0 N–H and O–H groups in total. The van der Waals surface area contributed by atoms with E-state index in [4.69, 9.17) is 0 Å². The Morgan fingerprint density at radius 3 is 2.59 bits per heavy atom. The smallest absolute Gasteiger partial charge is 0.168 e. The molecule has 0 aliphatic rings. The second-order valence-electron chi connectivity index (χ2n) is 4.30. The highest BCUT2D eigenvalue weighted by atomic mass is 16.1. The molecule has 0 aliphatic carbocycles. The van der Waals surface area contributed by atoms with Crippen molar-refractivity contribution in [2.24, 2.45) is 0 Å². The fourth-order valence-corrected chi connectivity index (χ4v) is 1.69. The number of pyridine rings is 1. The summed E-state index contributed by atoms with van der Waals surface area (Å²) in [7, 11) is 0. The third-order valence-electron chi connectivity index (χ3n) is 2.65. The van der Waals surface area contributed by atoms with Crippen LogP contribution in [-0.4, -0.2) is 10.8 Å². The minimum Gasteiger partial charge on any atom is -0.294 e. The lowest BCUT2D eigenvalue weighted by Gasteiger charge is -2.02. The Morgan fingerprint density at radius 2 is 1.94 bits per heavy atom. The topological polar surface area (TPSA) is 30.0 Å². The lowest BCUT2D eigenvalue weighted by atomic mass is 10.0. The Kier molecular flexibility index (Phi) is 3.33. The van der Waals surface area contributed by atoms with Crippen LogP contribution >= 0.6 is 0 Å². The molecule has 2 heteroatoms. The Morgan fingerprint density at radius 1 is 1.12 bits per heavy atom. The molecule has 86 valence electrons. The van der Waals surface area contributed by atoms with Gasteiger partial charge < -0.3 is 0 Å². The van der Waals surface area contributed by atoms with Gasteiger partial charge in [0.15, 0.2) is 5.78 Å². The summed E-state index contributed by atoms with van der Waals surface area (Å²) in [6.07, 6.45) is 2.16. The highest BCUT2D eigenvalue weighted by Crippen LogP contribution is 2.08. The van der Waals surface area contributed by atoms with E-state index in [1.807, 2.05) is 50.2 Å². The second-order valence-corrected chi connectivity index (χ2v) is 4.30. The fraction of sp³-hybridized carbons (Fsp3) is 0.200. The molecule has 0 bridgehead atoms. The molecule has 0 amide bonds. The van der Waals surface area contributed by atoms with Gasteiger partial charge >= 0.3 is 0 Å². The summed E-state index contributed by atoms with van der Waals surface area (Å²) in [5.74, 6) is 0.116. The monoisotopic (exact) mass is 225 g/mol. The maximum absolute atomic E-state index is 12.0. The quantitative estimate of drug-likeness (QED) is 0.751. The van der Waals surface area contributed by atoms with Crippen LogP contribution in [0.1, 0.15) is 27.2 Å². The van der Waals surface area contributed by atoms with Crippen molar-refractivity contribution in [3.05, 3.63) is 65.0 Å². The van der Waals surface area contributed by atoms with Crippen LogP contribution in [0.25, 0.3) is 0 Å². The minimum atomic E-state index is 0.116. The van der Waals surface area contributed by atoms with E-state index in [0.29, 0.717) is 6.42 Å². The van der Waals surface area contributed by atoms with Crippen LogP contribution in [0.4, 0.5) is 0 Å². The van der Waals surface area contributed by atoms with E-state index in [9.17, 15) is 4.79 Å². The molecule has 1 aromatic heterocycles. The number of carbonyl (C=O) groups is 1. The number of hydrogen-bond donors (Lipinski definition) is 0. The fourth-order valence-electron chi connectivity index (χ4n) is 1.69. The van der Waals surface area contributed by atoms with Crippen LogP contribution in [0.5, 0.6) is 0 Å². The average Bonchev–Trinajstić information content (AvgIpc) is 2.32. The van der Waals surface area contributed by atoms with Gasteiger partial charge in [-0.15, -0.1) is 0 Å². The number of rotatable bonds is 3. The zero-order chi connectivity index (χ0) is 12.3. The maximum atomic E-state index is 12.0. The maximum Gasteiger partial charge on any atom is 0.168 e. The van der Waals surface area contributed by atoms with Crippen molar-refractivity contribution in [3.63, 3.8) is 0 Å². The Hall–Kier alpha value is -1.96. The normalized spacial score (nSPS) is 10.2. The molecule has 2 rings (SSSR count). The molecule has 0 fully saturated rings. The number of aromatic nitrogens is 1. The summed E-state index contributed by atoms with van der Waals surface area (Å²) in [5.41, 5.74) is 3.79. The molecule has 1 heterocycles. The predicted molar refractivity (Wildman–Crippen MR) is 68.2 cm³/mol. The van der Waals surface area contributed by atoms with Crippen LogP contribution in [-0.2, 0) is 6.42 Å². The number of hydrogen-bond acceptors (Lipinski definition) is 2. The molecule has 0 radical (unpaired) electrons. The van der Waals surface area contributed by atoms with Gasteiger partial charge in [-0.05, 0) is 31.5 Å². The number of Topliss-reactive ketones (excluding diaryl/α,β-unsaturated/α-hetero) is 1. The van der Waals surface area contributed by atoms with Gasteiger partial charge in [-0.25, -0.2) is 0 Å². The average molecular weight is 225 g/mol. The number of ketones is 1. The molecule has 0 spiro atoms. The zero-order valence-electron chi connectivity index (χ0n) is 10.1. The molecule has 17 heavy (non-hydrogen) atoms. The van der Waals surface area contributed by atoms with Crippen LogP contribution < -0.4 is 0 Å². The van der Waals surface area contributed by atoms with Crippen LogP contribution in [0.15, 0.2) is 42.6 Å². The van der Waals surface area contributed by atoms with Crippen molar-refractivity contribution in [1.82, 2.24) is 4.98 Å². The second kappa shape index (κ2) is 4.91. The molecule has 0 unspecified atom stereocenters. The molecule has 2 nitrogen and oxygen atoms in total. The number of nitrogens with zero attached hydrogens (tertiary/aromatic N) is 1. The summed E-state index contributed by atoms with van der Waals surface area (Å²) < 4.78 is 0. The van der Waals surface area contributed by atoms with Gasteiger partial charge in [0.25, 0.3) is 0 Å². The molecule has 1 aromatic carbocycles. The summed E-state index contributed by atoms with van der Waals surface area (Å²) in [5, 5.41) is 0. The van der Waals surface area contributed by atoms with Gasteiger partial charge in [-0.1, -0.05) is 29.8 Å². The Bertz CT molecular complexity index is 529. The molecule has 0 saturated heterocycles. The highest BCUT2D eigenvalue weighted by molar-refractivity contribution is 5.97. The van der Waals surface area contributed by atoms with E-state index < -0.39 is 0 Å². The lowest BCUT2D eigenvalue weighted by molar-refractivity contribution is 0.0992. The summed E-state index contributed by atoms with van der Waals surface area (Å²) in [4.78, 5) is 16.3. The van der Waals surface area contributed by atoms with Crippen LogP contribution in [0.3, 0.4) is 0 Å². The van der Waals surface area contributed by atoms with Crippen molar-refractivity contribution < 1.29 is 4.79 Å². The number of aryl methyl sites for hydroxylation is 2. The summed E-state index contributed by atoms with van der Waals surface area (Å²) >= 11 is 0. The standard InChI is InChI=1S/C15H15NO/c1-11-4-3-5-13(8-11)15(17)9-14-7-6-12(2)10-16-14/h3-8,10H,9H2,1-2H3. The molecule has 0 aliphatic heterocycles. The Labute approximate surface area is 101 Å². The van der Waals surface area contributed by atoms with Crippen molar-refractivity contribution in [2.45, 2.75) is 20.3 Å². The SMILES string of the molecule is Cc1ccc(CC(=O)c2cccc(C)c2)nc1. The van der Waals surface area contributed by atoms with E-state index in [2.05, 4.69) is 4.98 Å². The largest absolute Gasteiger partial charge is 0.294 e. The third-order valence-corrected chi connectivity index (χ3v) is 2.65. The summed E-state index contributed by atoms with van der Waals surface area (Å²) in [6, 6.07) is 11.5. The van der Waals surface area contributed by atoms with E-state index in [0.717, 1.165) is 22.4 Å². The van der Waals surface area contributed by atoms with E-state index in [1.54, 1.807) is 6.20 Å². The van der Waals surface area contributed by atoms with Gasteiger partial charge in [0.2, 0.25) is 0 Å². The van der Waals surface area contributed by atoms with E-state index >= 15 is 0 Å². The zero-order valence-corrected chi connectivity index (χ0v) is 10.1. The highest BCUT2D eigenvalue weighted by Gasteiger charge is 2.07. The Balaban J connectivity index is 2.14. The van der Waals surface area contributed by atoms with Crippen LogP contribution in [0, 0.1) is 13.8 Å². The molecule has 2 aromatic rings. The van der Waals surface area contributed by atoms with Crippen molar-refractivity contribution in [1.29, 1.82) is 0 Å². The first-order valence-corrected chi connectivity index (χ1v) is 5.66. The van der Waals surface area contributed by atoms with Crippen molar-refractivity contribution in [2.75, 3.05) is 0 Å². The van der Waals surface area contributed by atoms with Crippen molar-refractivity contribution >= 4 is 5.78 Å². The number of carbonyl (C=O) groups excluding carboxylic acids is 1. The van der Waals surface area contributed by atoms with Gasteiger partial charge in [0.05, 0.1) is 6.42 Å². The predicted octanol–water partition coefficient (Wildman–Crippen LogP) is 3.12. The van der Waals surface area contributed by atoms with Gasteiger partial charge in [0, 0.05) is 17.5 Å². The minimum absolute atomic E-state index is 0.116. The van der Waals surface area contributed by atoms with E-state index in [1.165, 1.54) is 0 Å². The first kappa shape index (κ1) is 11.5. The van der Waals surface area contributed by atoms with E-state index in [-0.39, 0.29) is 5.78 Å². The van der Waals surface area contributed by atoms with Gasteiger partial charge in [-0.3, -0.25) is 9.78 Å². The molecular formula is C15H15NO. The molecule has 0 saturated carbocycles. The van der Waals surface area contributed by atoms with Crippen LogP contribution in [0.2, 0.25) is 0 Å². The van der Waals surface area contributed by atoms with Gasteiger partial charge in [0.1, 0.15) is 0 Å². The molecular weight excluding hydrogens is 210 g/mol. The lowest BCUT2D eigenvalue weighted by Crippen LogP contribution is -2.05. The first-order chi connectivity index (χ1) is 8.15. The van der Waals surface area contributed by atoms with Gasteiger partial charge in [-0.2, -0.15) is 0 Å². The third kappa shape index (κ3) is 3.00. The first-order valence-electron chi connectivity index (χ1n) is 5.66. The molecule has 0 atom stereocenters. The van der Waals surface area contributed by atoms with Crippen molar-refractivity contribution in [3.8, 4) is 0 Å². The number of benzene rings is 1.